The van der Waals surface area contributed by atoms with E-state index in [1.807, 2.05) is 13.0 Å². The van der Waals surface area contributed by atoms with Crippen LogP contribution >= 0.6 is 0 Å². The van der Waals surface area contributed by atoms with Crippen LogP contribution in [0.2, 0.25) is 0 Å². The SMILES string of the molecule is COc1ccc(CN2CCC(NC(=O)CC(C)c3ccc(C(F)(F)F)cc3)CC2)cc1F. The molecule has 2 aromatic rings. The van der Waals surface area contributed by atoms with E-state index in [4.69, 9.17) is 4.74 Å². The molecule has 174 valence electrons. The van der Waals surface area contributed by atoms with Crippen molar-refractivity contribution in [3.63, 3.8) is 0 Å². The number of rotatable bonds is 7. The molecule has 1 aliphatic heterocycles. The Morgan fingerprint density at radius 1 is 1.16 bits per heavy atom. The molecular weight excluding hydrogens is 424 g/mol. The second kappa shape index (κ2) is 10.3. The van der Waals surface area contributed by atoms with Gasteiger partial charge in [0.1, 0.15) is 0 Å². The van der Waals surface area contributed by atoms with Crippen LogP contribution in [0, 0.1) is 5.82 Å². The Morgan fingerprint density at radius 2 is 1.81 bits per heavy atom. The molecule has 0 aromatic heterocycles. The van der Waals surface area contributed by atoms with Gasteiger partial charge in [-0.25, -0.2) is 4.39 Å². The fourth-order valence-corrected chi connectivity index (χ4v) is 3.99. The summed E-state index contributed by atoms with van der Waals surface area (Å²) in [6.45, 7) is 4.03. The van der Waals surface area contributed by atoms with Gasteiger partial charge in [0.05, 0.1) is 12.7 Å². The van der Waals surface area contributed by atoms with Crippen molar-refractivity contribution in [2.45, 2.75) is 50.9 Å². The van der Waals surface area contributed by atoms with Crippen LogP contribution < -0.4 is 10.1 Å². The quantitative estimate of drug-likeness (QED) is 0.593. The van der Waals surface area contributed by atoms with Gasteiger partial charge in [-0.2, -0.15) is 13.2 Å². The molecule has 4 nitrogen and oxygen atoms in total. The molecule has 32 heavy (non-hydrogen) atoms. The molecule has 1 unspecified atom stereocenters. The third kappa shape index (κ3) is 6.45. The number of carbonyl (C=O) groups is 1. The zero-order valence-electron chi connectivity index (χ0n) is 18.2. The van der Waals surface area contributed by atoms with Crippen molar-refractivity contribution in [1.29, 1.82) is 0 Å². The van der Waals surface area contributed by atoms with E-state index in [-0.39, 0.29) is 35.9 Å². The summed E-state index contributed by atoms with van der Waals surface area (Å²) in [5.74, 6) is -0.439. The number of ether oxygens (including phenoxy) is 1. The van der Waals surface area contributed by atoms with Crippen molar-refractivity contribution in [1.82, 2.24) is 10.2 Å². The number of piperidine rings is 1. The van der Waals surface area contributed by atoms with Crippen molar-refractivity contribution in [3.8, 4) is 5.75 Å². The molecule has 0 bridgehead atoms. The van der Waals surface area contributed by atoms with Crippen molar-refractivity contribution >= 4 is 5.91 Å². The van der Waals surface area contributed by atoms with E-state index in [9.17, 15) is 22.4 Å². The lowest BCUT2D eigenvalue weighted by atomic mass is 9.95. The maximum atomic E-state index is 13.9. The number of halogens is 4. The van der Waals surface area contributed by atoms with Gasteiger partial charge in [0, 0.05) is 32.1 Å². The highest BCUT2D eigenvalue weighted by molar-refractivity contribution is 5.77. The minimum atomic E-state index is -4.37. The van der Waals surface area contributed by atoms with Crippen LogP contribution in [0.15, 0.2) is 42.5 Å². The van der Waals surface area contributed by atoms with Gasteiger partial charge in [-0.15, -0.1) is 0 Å². The summed E-state index contributed by atoms with van der Waals surface area (Å²) in [6.07, 6.45) is -2.57. The average molecular weight is 452 g/mol. The third-order valence-corrected chi connectivity index (χ3v) is 5.87. The summed E-state index contributed by atoms with van der Waals surface area (Å²) in [4.78, 5) is 14.7. The molecule has 1 heterocycles. The van der Waals surface area contributed by atoms with Gasteiger partial charge < -0.3 is 10.1 Å². The molecule has 2 aromatic carbocycles. The minimum absolute atomic E-state index is 0.0613. The number of hydrogen-bond acceptors (Lipinski definition) is 3. The van der Waals surface area contributed by atoms with Crippen LogP contribution in [-0.2, 0) is 17.5 Å². The number of likely N-dealkylation sites (tertiary alicyclic amines) is 1. The van der Waals surface area contributed by atoms with E-state index in [0.717, 1.165) is 43.6 Å². The van der Waals surface area contributed by atoms with Crippen molar-refractivity contribution in [2.24, 2.45) is 0 Å². The summed E-state index contributed by atoms with van der Waals surface area (Å²) >= 11 is 0. The van der Waals surface area contributed by atoms with Crippen LogP contribution in [0.4, 0.5) is 17.6 Å². The number of alkyl halides is 3. The fourth-order valence-electron chi connectivity index (χ4n) is 3.99. The summed E-state index contributed by atoms with van der Waals surface area (Å²) < 4.78 is 56.9. The molecule has 1 N–H and O–H groups in total. The van der Waals surface area contributed by atoms with E-state index < -0.39 is 11.7 Å². The summed E-state index contributed by atoms with van der Waals surface area (Å²) in [5.41, 5.74) is 0.882. The number of nitrogens with one attached hydrogen (secondary N) is 1. The molecule has 1 amide bonds. The summed E-state index contributed by atoms with van der Waals surface area (Å²) in [6, 6.07) is 9.97. The van der Waals surface area contributed by atoms with Gasteiger partial charge in [0.2, 0.25) is 5.91 Å². The lowest BCUT2D eigenvalue weighted by molar-refractivity contribution is -0.137. The predicted molar refractivity (Wildman–Crippen MR) is 114 cm³/mol. The number of hydrogen-bond donors (Lipinski definition) is 1. The number of benzene rings is 2. The third-order valence-electron chi connectivity index (χ3n) is 5.87. The Kier molecular flexibility index (Phi) is 7.77. The van der Waals surface area contributed by atoms with Crippen LogP contribution in [-0.4, -0.2) is 37.0 Å². The molecule has 1 saturated heterocycles. The molecule has 0 spiro atoms. The Hall–Kier alpha value is -2.61. The van der Waals surface area contributed by atoms with E-state index in [2.05, 4.69) is 10.2 Å². The number of amides is 1. The molecule has 0 aliphatic carbocycles. The molecule has 0 saturated carbocycles. The zero-order valence-corrected chi connectivity index (χ0v) is 18.2. The maximum Gasteiger partial charge on any atom is 0.416 e. The Bertz CT molecular complexity index is 907. The topological polar surface area (TPSA) is 41.6 Å². The van der Waals surface area contributed by atoms with Gasteiger partial charge >= 0.3 is 6.18 Å². The van der Waals surface area contributed by atoms with Crippen molar-refractivity contribution in [3.05, 3.63) is 65.0 Å². The second-order valence-electron chi connectivity index (χ2n) is 8.31. The highest BCUT2D eigenvalue weighted by atomic mass is 19.4. The molecule has 1 aliphatic rings. The average Bonchev–Trinajstić information content (AvgIpc) is 2.74. The molecule has 3 rings (SSSR count). The first-order chi connectivity index (χ1) is 15.2. The Balaban J connectivity index is 1.43. The van der Waals surface area contributed by atoms with Crippen LogP contribution in [0.25, 0.3) is 0 Å². The lowest BCUT2D eigenvalue weighted by Gasteiger charge is -2.32. The van der Waals surface area contributed by atoms with Crippen molar-refractivity contribution in [2.75, 3.05) is 20.2 Å². The second-order valence-corrected chi connectivity index (χ2v) is 8.31. The molecule has 0 radical (unpaired) electrons. The van der Waals surface area contributed by atoms with E-state index in [0.29, 0.717) is 12.1 Å². The van der Waals surface area contributed by atoms with Gasteiger partial charge in [0.15, 0.2) is 11.6 Å². The summed E-state index contributed by atoms with van der Waals surface area (Å²) in [5, 5.41) is 3.04. The van der Waals surface area contributed by atoms with E-state index in [1.165, 1.54) is 25.3 Å². The molecule has 8 heteroatoms. The number of nitrogens with zero attached hydrogens (tertiary/aromatic N) is 1. The first kappa shape index (κ1) is 24.0. The minimum Gasteiger partial charge on any atom is -0.494 e. The fraction of sp³-hybridized carbons (Fsp3) is 0.458. The smallest absolute Gasteiger partial charge is 0.416 e. The first-order valence-corrected chi connectivity index (χ1v) is 10.7. The van der Waals surface area contributed by atoms with Crippen LogP contribution in [0.5, 0.6) is 5.75 Å². The first-order valence-electron chi connectivity index (χ1n) is 10.7. The van der Waals surface area contributed by atoms with Crippen molar-refractivity contribution < 1.29 is 27.1 Å². The van der Waals surface area contributed by atoms with Gasteiger partial charge in [-0.05, 0) is 54.2 Å². The van der Waals surface area contributed by atoms with Gasteiger partial charge in [-0.1, -0.05) is 25.1 Å². The maximum absolute atomic E-state index is 13.9. The Morgan fingerprint density at radius 3 is 2.38 bits per heavy atom. The standard InChI is InChI=1S/C24H28F4N2O2/c1-16(18-4-6-19(7-5-18)24(26,27)28)13-23(31)29-20-9-11-30(12-10-20)15-17-3-8-22(32-2)21(25)14-17/h3-8,14,16,20H,9-13,15H2,1-2H3,(H,29,31). The van der Waals surface area contributed by atoms with E-state index in [1.54, 1.807) is 6.07 Å². The predicted octanol–water partition coefficient (Wildman–Crippen LogP) is 5.13. The lowest BCUT2D eigenvalue weighted by Crippen LogP contribution is -2.44. The highest BCUT2D eigenvalue weighted by Crippen LogP contribution is 2.30. The zero-order chi connectivity index (χ0) is 23.3. The molecule has 1 atom stereocenters. The van der Waals surface area contributed by atoms with E-state index >= 15 is 0 Å². The molecular formula is C24H28F4N2O2. The van der Waals surface area contributed by atoms with Gasteiger partial charge in [0.25, 0.3) is 0 Å². The highest BCUT2D eigenvalue weighted by Gasteiger charge is 2.30. The number of methoxy groups -OCH3 is 1. The Labute approximate surface area is 185 Å². The van der Waals surface area contributed by atoms with Crippen LogP contribution in [0.1, 0.15) is 48.8 Å². The van der Waals surface area contributed by atoms with Gasteiger partial charge in [-0.3, -0.25) is 9.69 Å². The molecule has 1 fully saturated rings. The normalized spacial score (nSPS) is 16.6. The largest absolute Gasteiger partial charge is 0.494 e. The summed E-state index contributed by atoms with van der Waals surface area (Å²) in [7, 11) is 1.43. The monoisotopic (exact) mass is 452 g/mol. The number of carbonyl (C=O) groups excluding carboxylic acids is 1. The van der Waals surface area contributed by atoms with Crippen LogP contribution in [0.3, 0.4) is 0 Å².